The van der Waals surface area contributed by atoms with Crippen molar-refractivity contribution in [2.75, 3.05) is 5.32 Å². The number of thiazole rings is 1. The van der Waals surface area contributed by atoms with Crippen LogP contribution in [-0.2, 0) is 19.6 Å². The average molecular weight is 374 g/mol. The first-order chi connectivity index (χ1) is 13.2. The minimum absolute atomic E-state index is 0.830. The Labute approximate surface area is 161 Å². The van der Waals surface area contributed by atoms with Gasteiger partial charge >= 0.3 is 0 Å². The van der Waals surface area contributed by atoms with E-state index >= 15 is 0 Å². The van der Waals surface area contributed by atoms with Crippen molar-refractivity contribution < 1.29 is 0 Å². The third kappa shape index (κ3) is 3.27. The normalized spacial score (nSPS) is 13.8. The second-order valence-electron chi connectivity index (χ2n) is 6.68. The van der Waals surface area contributed by atoms with Crippen molar-refractivity contribution in [2.45, 2.75) is 26.6 Å². The molecule has 134 valence electrons. The van der Waals surface area contributed by atoms with Crippen molar-refractivity contribution in [3.8, 4) is 0 Å². The van der Waals surface area contributed by atoms with E-state index in [9.17, 15) is 0 Å². The number of hydrogen-bond donors (Lipinski definition) is 1. The molecule has 1 aliphatic heterocycles. The maximum atomic E-state index is 4.52. The molecule has 0 fully saturated rings. The van der Waals surface area contributed by atoms with Gasteiger partial charge in [-0.25, -0.2) is 15.0 Å². The molecule has 0 bridgehead atoms. The summed E-state index contributed by atoms with van der Waals surface area (Å²) < 4.78 is 0. The fourth-order valence-corrected chi connectivity index (χ4v) is 4.27. The molecule has 0 saturated heterocycles. The molecule has 0 amide bonds. The van der Waals surface area contributed by atoms with Crippen LogP contribution in [0.15, 0.2) is 49.1 Å². The minimum atomic E-state index is 0.830. The molecule has 6 nitrogen and oxygen atoms in total. The summed E-state index contributed by atoms with van der Waals surface area (Å²) in [4.78, 5) is 21.5. The second-order valence-corrected chi connectivity index (χ2v) is 8.00. The van der Waals surface area contributed by atoms with Gasteiger partial charge in [0.1, 0.15) is 12.1 Å². The number of aromatic nitrogens is 4. The maximum Gasteiger partial charge on any atom is 0.138 e. The number of hydrogen-bond acceptors (Lipinski definition) is 7. The van der Waals surface area contributed by atoms with Crippen molar-refractivity contribution in [2.24, 2.45) is 0 Å². The summed E-state index contributed by atoms with van der Waals surface area (Å²) >= 11 is 1.75. The average Bonchev–Trinajstić information content (AvgIpc) is 3.28. The van der Waals surface area contributed by atoms with E-state index in [0.717, 1.165) is 58.3 Å². The summed E-state index contributed by atoms with van der Waals surface area (Å²) in [7, 11) is 0. The number of fused-ring (bicyclic) bond motifs is 2. The fraction of sp³-hybridized carbons (Fsp3) is 0.200. The summed E-state index contributed by atoms with van der Waals surface area (Å²) in [6.07, 6.45) is 5.45. The van der Waals surface area contributed by atoms with Gasteiger partial charge in [0.2, 0.25) is 0 Å². The zero-order valence-corrected chi connectivity index (χ0v) is 15.7. The van der Waals surface area contributed by atoms with Crippen LogP contribution in [0, 0.1) is 6.92 Å². The third-order valence-electron chi connectivity index (χ3n) is 4.69. The third-order valence-corrected chi connectivity index (χ3v) is 5.59. The van der Waals surface area contributed by atoms with Crippen LogP contribution >= 0.6 is 11.3 Å². The highest BCUT2D eigenvalue weighted by molar-refractivity contribution is 7.11. The van der Waals surface area contributed by atoms with Crippen LogP contribution < -0.4 is 5.32 Å². The number of para-hydroxylation sites is 1. The standard InChI is InChI=1S/C20H18N6S/c1-13-21-8-16(27-13)9-26-10-17-19(11-26)23-12-24-20(17)25-15-6-14-4-2-3-5-18(14)22-7-15/h2-8,12H,9-11H2,1H3,(H,23,24,25). The van der Waals surface area contributed by atoms with Gasteiger partial charge in [-0.15, -0.1) is 11.3 Å². The number of aryl methyl sites for hydroxylation is 1. The summed E-state index contributed by atoms with van der Waals surface area (Å²) in [6, 6.07) is 10.2. The lowest BCUT2D eigenvalue weighted by Crippen LogP contribution is -2.15. The van der Waals surface area contributed by atoms with Crippen molar-refractivity contribution in [1.29, 1.82) is 0 Å². The quantitative estimate of drug-likeness (QED) is 0.581. The Balaban J connectivity index is 1.38. The Hall–Kier alpha value is -2.90. The predicted octanol–water partition coefficient (Wildman–Crippen LogP) is 4.05. The van der Waals surface area contributed by atoms with Crippen LogP contribution in [0.2, 0.25) is 0 Å². The number of nitrogens with zero attached hydrogens (tertiary/aromatic N) is 5. The van der Waals surface area contributed by atoms with Crippen molar-refractivity contribution in [3.05, 3.63) is 70.2 Å². The smallest absolute Gasteiger partial charge is 0.138 e. The summed E-state index contributed by atoms with van der Waals surface area (Å²) in [5, 5.41) is 5.65. The lowest BCUT2D eigenvalue weighted by molar-refractivity contribution is 0.276. The molecule has 1 N–H and O–H groups in total. The minimum Gasteiger partial charge on any atom is -0.339 e. The van der Waals surface area contributed by atoms with Gasteiger partial charge in [-0.2, -0.15) is 0 Å². The Morgan fingerprint density at radius 2 is 2.00 bits per heavy atom. The van der Waals surface area contributed by atoms with Crippen molar-refractivity contribution >= 4 is 33.7 Å². The van der Waals surface area contributed by atoms with E-state index in [1.54, 1.807) is 17.7 Å². The molecular weight excluding hydrogens is 356 g/mol. The zero-order valence-electron chi connectivity index (χ0n) is 14.9. The molecule has 0 unspecified atom stereocenters. The summed E-state index contributed by atoms with van der Waals surface area (Å²) in [6.45, 7) is 4.59. The molecule has 0 atom stereocenters. The Morgan fingerprint density at radius 3 is 2.89 bits per heavy atom. The van der Waals surface area contributed by atoms with E-state index in [4.69, 9.17) is 0 Å². The van der Waals surface area contributed by atoms with Gasteiger partial charge in [0.25, 0.3) is 0 Å². The van der Waals surface area contributed by atoms with Gasteiger partial charge in [0.05, 0.1) is 28.1 Å². The van der Waals surface area contributed by atoms with E-state index < -0.39 is 0 Å². The second kappa shape index (κ2) is 6.68. The maximum absolute atomic E-state index is 4.52. The number of benzene rings is 1. The lowest BCUT2D eigenvalue weighted by atomic mass is 10.2. The Bertz CT molecular complexity index is 1120. The molecule has 0 saturated carbocycles. The van der Waals surface area contributed by atoms with Crippen LogP contribution in [0.1, 0.15) is 21.1 Å². The van der Waals surface area contributed by atoms with E-state index in [2.05, 4.69) is 42.3 Å². The number of anilines is 2. The SMILES string of the molecule is Cc1ncc(CN2Cc3ncnc(Nc4cnc5ccccc5c4)c3C2)s1. The van der Waals surface area contributed by atoms with Crippen molar-refractivity contribution in [3.63, 3.8) is 0 Å². The zero-order chi connectivity index (χ0) is 18.2. The van der Waals surface area contributed by atoms with Crippen LogP contribution in [0.25, 0.3) is 10.9 Å². The molecule has 1 aliphatic rings. The first-order valence-corrected chi connectivity index (χ1v) is 9.64. The molecule has 1 aromatic carbocycles. The highest BCUT2D eigenvalue weighted by Crippen LogP contribution is 2.30. The first-order valence-electron chi connectivity index (χ1n) is 8.83. The molecule has 4 heterocycles. The highest BCUT2D eigenvalue weighted by Gasteiger charge is 2.24. The first kappa shape index (κ1) is 16.3. The highest BCUT2D eigenvalue weighted by atomic mass is 32.1. The Kier molecular flexibility index (Phi) is 4.03. The molecular formula is C20H18N6S. The molecule has 5 rings (SSSR count). The molecule has 3 aromatic heterocycles. The molecule has 0 radical (unpaired) electrons. The molecule has 7 heteroatoms. The van der Waals surface area contributed by atoms with E-state index in [-0.39, 0.29) is 0 Å². The topological polar surface area (TPSA) is 66.8 Å². The van der Waals surface area contributed by atoms with Gasteiger partial charge in [-0.05, 0) is 19.1 Å². The van der Waals surface area contributed by atoms with Gasteiger partial charge in [-0.1, -0.05) is 18.2 Å². The summed E-state index contributed by atoms with van der Waals surface area (Å²) in [5.41, 5.74) is 4.17. The van der Waals surface area contributed by atoms with Crippen LogP contribution in [-0.4, -0.2) is 24.8 Å². The number of nitrogens with one attached hydrogen (secondary N) is 1. The van der Waals surface area contributed by atoms with Gasteiger partial charge in [0.15, 0.2) is 0 Å². The molecule has 0 aliphatic carbocycles. The molecule has 0 spiro atoms. The van der Waals surface area contributed by atoms with Crippen LogP contribution in [0.4, 0.5) is 11.5 Å². The van der Waals surface area contributed by atoms with Crippen LogP contribution in [0.5, 0.6) is 0 Å². The van der Waals surface area contributed by atoms with Gasteiger partial charge in [-0.3, -0.25) is 9.88 Å². The van der Waals surface area contributed by atoms with E-state index in [1.165, 1.54) is 4.88 Å². The lowest BCUT2D eigenvalue weighted by Gasteiger charge is -2.13. The van der Waals surface area contributed by atoms with Crippen molar-refractivity contribution in [1.82, 2.24) is 24.8 Å². The molecule has 27 heavy (non-hydrogen) atoms. The summed E-state index contributed by atoms with van der Waals surface area (Å²) in [5.74, 6) is 0.861. The number of pyridine rings is 1. The van der Waals surface area contributed by atoms with Gasteiger partial charge < -0.3 is 5.32 Å². The Morgan fingerprint density at radius 1 is 1.07 bits per heavy atom. The predicted molar refractivity (Wildman–Crippen MR) is 107 cm³/mol. The monoisotopic (exact) mass is 374 g/mol. The number of rotatable bonds is 4. The van der Waals surface area contributed by atoms with Crippen LogP contribution in [0.3, 0.4) is 0 Å². The van der Waals surface area contributed by atoms with E-state index in [1.807, 2.05) is 37.5 Å². The fourth-order valence-electron chi connectivity index (χ4n) is 3.44. The molecule has 4 aromatic rings. The van der Waals surface area contributed by atoms with E-state index in [0.29, 0.717) is 0 Å². The van der Waals surface area contributed by atoms with Gasteiger partial charge in [0, 0.05) is 41.7 Å². The largest absolute Gasteiger partial charge is 0.339 e.